The van der Waals surface area contributed by atoms with Crippen LogP contribution in [0.4, 0.5) is 4.39 Å². The SMILES string of the molecule is CC(NC(=O)Cc1cccc(F)c1)c1nc2cccnc2n1C(C)C. The van der Waals surface area contributed by atoms with E-state index in [4.69, 9.17) is 0 Å². The number of aromatic nitrogens is 3. The van der Waals surface area contributed by atoms with Crippen molar-refractivity contribution in [2.75, 3.05) is 0 Å². The lowest BCUT2D eigenvalue weighted by molar-refractivity contribution is -0.121. The van der Waals surface area contributed by atoms with Crippen molar-refractivity contribution in [1.82, 2.24) is 19.9 Å². The first kappa shape index (κ1) is 17.1. The van der Waals surface area contributed by atoms with Gasteiger partial charge in [-0.1, -0.05) is 12.1 Å². The number of pyridine rings is 1. The Labute approximate surface area is 145 Å². The fraction of sp³-hybridized carbons (Fsp3) is 0.316. The zero-order chi connectivity index (χ0) is 18.0. The number of nitrogens with zero attached hydrogens (tertiary/aromatic N) is 3. The average molecular weight is 340 g/mol. The van der Waals surface area contributed by atoms with Crippen molar-refractivity contribution >= 4 is 17.1 Å². The highest BCUT2D eigenvalue weighted by Crippen LogP contribution is 2.23. The van der Waals surface area contributed by atoms with Crippen molar-refractivity contribution in [3.8, 4) is 0 Å². The van der Waals surface area contributed by atoms with E-state index in [-0.39, 0.29) is 30.2 Å². The number of rotatable bonds is 5. The van der Waals surface area contributed by atoms with E-state index >= 15 is 0 Å². The smallest absolute Gasteiger partial charge is 0.224 e. The first-order valence-electron chi connectivity index (χ1n) is 8.32. The summed E-state index contributed by atoms with van der Waals surface area (Å²) < 4.78 is 15.3. The Hall–Kier alpha value is -2.76. The maximum absolute atomic E-state index is 13.3. The maximum Gasteiger partial charge on any atom is 0.224 e. The van der Waals surface area contributed by atoms with Crippen molar-refractivity contribution in [2.24, 2.45) is 0 Å². The number of fused-ring (bicyclic) bond motifs is 1. The number of benzene rings is 1. The summed E-state index contributed by atoms with van der Waals surface area (Å²) in [5, 5.41) is 2.95. The highest BCUT2D eigenvalue weighted by molar-refractivity contribution is 5.79. The lowest BCUT2D eigenvalue weighted by Crippen LogP contribution is -2.30. The molecule has 6 heteroatoms. The first-order valence-corrected chi connectivity index (χ1v) is 8.32. The van der Waals surface area contributed by atoms with Gasteiger partial charge in [-0.3, -0.25) is 4.79 Å². The number of imidazole rings is 1. The number of nitrogens with one attached hydrogen (secondary N) is 1. The second-order valence-corrected chi connectivity index (χ2v) is 6.38. The Balaban J connectivity index is 1.81. The monoisotopic (exact) mass is 340 g/mol. The Kier molecular flexibility index (Phi) is 4.79. The van der Waals surface area contributed by atoms with Crippen molar-refractivity contribution in [3.05, 3.63) is 59.8 Å². The molecular weight excluding hydrogens is 319 g/mol. The molecule has 0 saturated carbocycles. The summed E-state index contributed by atoms with van der Waals surface area (Å²) >= 11 is 0. The lowest BCUT2D eigenvalue weighted by atomic mass is 10.1. The van der Waals surface area contributed by atoms with Crippen molar-refractivity contribution in [2.45, 2.75) is 39.3 Å². The maximum atomic E-state index is 13.3. The molecule has 1 N–H and O–H groups in total. The zero-order valence-corrected chi connectivity index (χ0v) is 14.5. The van der Waals surface area contributed by atoms with Gasteiger partial charge >= 0.3 is 0 Å². The van der Waals surface area contributed by atoms with Crippen LogP contribution in [0.2, 0.25) is 0 Å². The predicted molar refractivity (Wildman–Crippen MR) is 94.6 cm³/mol. The van der Waals surface area contributed by atoms with Crippen molar-refractivity contribution in [1.29, 1.82) is 0 Å². The average Bonchev–Trinajstić information content (AvgIpc) is 2.94. The summed E-state index contributed by atoms with van der Waals surface area (Å²) in [4.78, 5) is 21.4. The van der Waals surface area contributed by atoms with E-state index in [9.17, 15) is 9.18 Å². The van der Waals surface area contributed by atoms with Crippen LogP contribution in [0.3, 0.4) is 0 Å². The van der Waals surface area contributed by atoms with Gasteiger partial charge < -0.3 is 9.88 Å². The third-order valence-corrected chi connectivity index (χ3v) is 4.01. The molecule has 0 saturated heterocycles. The van der Waals surface area contributed by atoms with Gasteiger partial charge in [0, 0.05) is 12.2 Å². The quantitative estimate of drug-likeness (QED) is 0.772. The molecule has 3 rings (SSSR count). The Morgan fingerprint density at radius 3 is 2.76 bits per heavy atom. The largest absolute Gasteiger partial charge is 0.346 e. The van der Waals surface area contributed by atoms with Gasteiger partial charge in [0.2, 0.25) is 5.91 Å². The van der Waals surface area contributed by atoms with Crippen molar-refractivity contribution < 1.29 is 9.18 Å². The minimum Gasteiger partial charge on any atom is -0.346 e. The summed E-state index contributed by atoms with van der Waals surface area (Å²) in [6.45, 7) is 6.00. The van der Waals surface area contributed by atoms with E-state index in [1.54, 1.807) is 18.3 Å². The highest BCUT2D eigenvalue weighted by Gasteiger charge is 2.20. The van der Waals surface area contributed by atoms with E-state index < -0.39 is 0 Å². The fourth-order valence-corrected chi connectivity index (χ4v) is 2.95. The number of halogens is 1. The van der Waals surface area contributed by atoms with Gasteiger partial charge in [-0.2, -0.15) is 0 Å². The predicted octanol–water partition coefficient (Wildman–Crippen LogP) is 3.57. The molecule has 5 nitrogen and oxygen atoms in total. The van der Waals surface area contributed by atoms with Crippen molar-refractivity contribution in [3.63, 3.8) is 0 Å². The molecule has 0 radical (unpaired) electrons. The van der Waals surface area contributed by atoms with Crippen LogP contribution in [0.25, 0.3) is 11.2 Å². The zero-order valence-electron chi connectivity index (χ0n) is 14.5. The number of amides is 1. The number of carbonyl (C=O) groups excluding carboxylic acids is 1. The number of hydrogen-bond acceptors (Lipinski definition) is 3. The molecular formula is C19H21FN4O. The summed E-state index contributed by atoms with van der Waals surface area (Å²) in [6, 6.07) is 9.71. The molecule has 3 aromatic rings. The molecule has 0 bridgehead atoms. The molecule has 1 atom stereocenters. The molecule has 1 unspecified atom stereocenters. The van der Waals surface area contributed by atoms with Crippen LogP contribution in [0.1, 0.15) is 44.2 Å². The van der Waals surface area contributed by atoms with Gasteiger partial charge in [0.05, 0.1) is 12.5 Å². The van der Waals surface area contributed by atoms with Crippen LogP contribution >= 0.6 is 0 Å². The number of carbonyl (C=O) groups is 1. The first-order chi connectivity index (χ1) is 12.0. The van der Waals surface area contributed by atoms with E-state index in [1.165, 1.54) is 12.1 Å². The molecule has 2 aromatic heterocycles. The highest BCUT2D eigenvalue weighted by atomic mass is 19.1. The van der Waals surface area contributed by atoms with Gasteiger partial charge in [0.15, 0.2) is 5.65 Å². The molecule has 130 valence electrons. The van der Waals surface area contributed by atoms with Gasteiger partial charge in [0.1, 0.15) is 17.2 Å². The van der Waals surface area contributed by atoms with E-state index in [0.717, 1.165) is 17.0 Å². The number of hydrogen-bond donors (Lipinski definition) is 1. The molecule has 1 aromatic carbocycles. The molecule has 25 heavy (non-hydrogen) atoms. The molecule has 0 aliphatic carbocycles. The summed E-state index contributed by atoms with van der Waals surface area (Å²) in [5.41, 5.74) is 2.25. The van der Waals surface area contributed by atoms with Crippen LogP contribution in [0.5, 0.6) is 0 Å². The van der Waals surface area contributed by atoms with Gasteiger partial charge in [0.25, 0.3) is 0 Å². The Bertz CT molecular complexity index is 903. The normalized spacial score (nSPS) is 12.5. The third kappa shape index (κ3) is 3.68. The summed E-state index contributed by atoms with van der Waals surface area (Å²) in [7, 11) is 0. The van der Waals surface area contributed by atoms with Crippen LogP contribution in [0, 0.1) is 5.82 Å². The Morgan fingerprint density at radius 2 is 2.04 bits per heavy atom. The van der Waals surface area contributed by atoms with Crippen LogP contribution in [-0.2, 0) is 11.2 Å². The fourth-order valence-electron chi connectivity index (χ4n) is 2.95. The second kappa shape index (κ2) is 7.01. The lowest BCUT2D eigenvalue weighted by Gasteiger charge is -2.18. The molecule has 0 aliphatic rings. The summed E-state index contributed by atoms with van der Waals surface area (Å²) in [6.07, 6.45) is 1.86. The van der Waals surface area contributed by atoms with Gasteiger partial charge in [-0.25, -0.2) is 14.4 Å². The molecule has 1 amide bonds. The van der Waals surface area contributed by atoms with E-state index in [0.29, 0.717) is 5.56 Å². The van der Waals surface area contributed by atoms with Crippen LogP contribution < -0.4 is 5.32 Å². The standard InChI is InChI=1S/C19H21FN4O/c1-12(2)24-18(23-16-8-5-9-21-19(16)24)13(3)22-17(25)11-14-6-4-7-15(20)10-14/h4-10,12-13H,11H2,1-3H3,(H,22,25). The van der Waals surface area contributed by atoms with E-state index in [2.05, 4.69) is 29.1 Å². The molecule has 0 spiro atoms. The molecule has 2 heterocycles. The van der Waals surface area contributed by atoms with E-state index in [1.807, 2.05) is 23.6 Å². The molecule has 0 fully saturated rings. The van der Waals surface area contributed by atoms with Crippen LogP contribution in [0.15, 0.2) is 42.6 Å². The summed E-state index contributed by atoms with van der Waals surface area (Å²) in [5.74, 6) is 0.246. The van der Waals surface area contributed by atoms with Gasteiger partial charge in [-0.15, -0.1) is 0 Å². The minimum atomic E-state index is -0.342. The topological polar surface area (TPSA) is 59.8 Å². The van der Waals surface area contributed by atoms with Gasteiger partial charge in [-0.05, 0) is 50.6 Å². The molecule has 0 aliphatic heterocycles. The Morgan fingerprint density at radius 1 is 1.24 bits per heavy atom. The minimum absolute atomic E-state index is 0.127. The third-order valence-electron chi connectivity index (χ3n) is 4.01. The second-order valence-electron chi connectivity index (χ2n) is 6.38. The van der Waals surface area contributed by atoms with Crippen LogP contribution in [-0.4, -0.2) is 20.4 Å².